The van der Waals surface area contributed by atoms with Crippen molar-refractivity contribution in [3.63, 3.8) is 0 Å². The minimum absolute atomic E-state index is 0.0509. The largest absolute Gasteiger partial charge is 0.480 e. The standard InChI is InChI=1S/C11H16FNO4S/c1-6(5-18-7(2)14)10(15)13-4-3-8(12)9(13)11(16)17/h6,8-9H,3-5H2,1-2H3,(H,16,17)/t6?,8-,9+/m1/s1. The molecular formula is C11H16FNO4S. The number of likely N-dealkylation sites (tertiary alicyclic amines) is 1. The first-order chi connectivity index (χ1) is 8.34. The number of carbonyl (C=O) groups is 3. The highest BCUT2D eigenvalue weighted by Crippen LogP contribution is 2.24. The summed E-state index contributed by atoms with van der Waals surface area (Å²) in [5.74, 6) is -1.93. The molecule has 5 nitrogen and oxygen atoms in total. The molecule has 1 N–H and O–H groups in total. The van der Waals surface area contributed by atoms with Gasteiger partial charge in [-0.2, -0.15) is 0 Å². The molecule has 18 heavy (non-hydrogen) atoms. The van der Waals surface area contributed by atoms with E-state index < -0.39 is 30.0 Å². The molecule has 0 saturated carbocycles. The van der Waals surface area contributed by atoms with E-state index in [9.17, 15) is 18.8 Å². The molecule has 0 aliphatic carbocycles. The van der Waals surface area contributed by atoms with Gasteiger partial charge in [-0.25, -0.2) is 9.18 Å². The summed E-state index contributed by atoms with van der Waals surface area (Å²) < 4.78 is 13.4. The Morgan fingerprint density at radius 2 is 2.11 bits per heavy atom. The van der Waals surface area contributed by atoms with Gasteiger partial charge in [0, 0.05) is 25.1 Å². The molecule has 0 spiro atoms. The highest BCUT2D eigenvalue weighted by atomic mass is 32.2. The molecule has 0 radical (unpaired) electrons. The van der Waals surface area contributed by atoms with Crippen molar-refractivity contribution in [2.45, 2.75) is 32.5 Å². The molecule has 102 valence electrons. The number of carboxylic acid groups (broad SMARTS) is 1. The summed E-state index contributed by atoms with van der Waals surface area (Å²) in [6.45, 7) is 3.13. The first-order valence-electron chi connectivity index (χ1n) is 5.65. The van der Waals surface area contributed by atoms with Crippen LogP contribution in [0.3, 0.4) is 0 Å². The maximum Gasteiger partial charge on any atom is 0.329 e. The van der Waals surface area contributed by atoms with Gasteiger partial charge in [0.15, 0.2) is 11.2 Å². The Morgan fingerprint density at radius 1 is 1.50 bits per heavy atom. The molecule has 0 bridgehead atoms. The number of amides is 1. The summed E-state index contributed by atoms with van der Waals surface area (Å²) in [5.41, 5.74) is 0. The average molecular weight is 277 g/mol. The number of thioether (sulfide) groups is 1. The van der Waals surface area contributed by atoms with Crippen LogP contribution in [0.4, 0.5) is 4.39 Å². The quantitative estimate of drug-likeness (QED) is 0.827. The SMILES string of the molecule is CC(=O)SCC(C)C(=O)N1CC[C@@H](F)[C@H]1C(=O)O. The van der Waals surface area contributed by atoms with Gasteiger partial charge in [0.05, 0.1) is 0 Å². The van der Waals surface area contributed by atoms with E-state index in [1.165, 1.54) is 6.92 Å². The predicted octanol–water partition coefficient (Wildman–Crippen LogP) is 0.926. The van der Waals surface area contributed by atoms with Crippen molar-refractivity contribution in [2.24, 2.45) is 5.92 Å². The Labute approximate surface area is 109 Å². The molecule has 1 unspecified atom stereocenters. The van der Waals surface area contributed by atoms with Gasteiger partial charge in [-0.1, -0.05) is 18.7 Å². The highest BCUT2D eigenvalue weighted by Gasteiger charge is 2.43. The number of hydrogen-bond acceptors (Lipinski definition) is 4. The molecule has 0 aromatic carbocycles. The third-order valence-corrected chi connectivity index (χ3v) is 3.89. The zero-order valence-corrected chi connectivity index (χ0v) is 11.1. The third-order valence-electron chi connectivity index (χ3n) is 2.82. The van der Waals surface area contributed by atoms with E-state index in [-0.39, 0.29) is 23.8 Å². The monoisotopic (exact) mass is 277 g/mol. The van der Waals surface area contributed by atoms with Crippen molar-refractivity contribution in [3.8, 4) is 0 Å². The van der Waals surface area contributed by atoms with E-state index in [0.29, 0.717) is 0 Å². The Hall–Kier alpha value is -1.11. The van der Waals surface area contributed by atoms with Gasteiger partial charge >= 0.3 is 5.97 Å². The van der Waals surface area contributed by atoms with Crippen LogP contribution in [0, 0.1) is 5.92 Å². The van der Waals surface area contributed by atoms with Crippen molar-refractivity contribution in [1.82, 2.24) is 4.90 Å². The molecule has 1 aliphatic rings. The fourth-order valence-electron chi connectivity index (χ4n) is 1.89. The number of hydrogen-bond donors (Lipinski definition) is 1. The lowest BCUT2D eigenvalue weighted by Gasteiger charge is -2.25. The summed E-state index contributed by atoms with van der Waals surface area (Å²) in [6, 6.07) is -1.39. The molecule has 1 aliphatic heterocycles. The van der Waals surface area contributed by atoms with Crippen LogP contribution in [0.2, 0.25) is 0 Å². The molecule has 3 atom stereocenters. The minimum atomic E-state index is -1.51. The molecule has 1 rings (SSSR count). The van der Waals surface area contributed by atoms with E-state index >= 15 is 0 Å². The number of alkyl halides is 1. The summed E-state index contributed by atoms with van der Waals surface area (Å²) in [6.07, 6.45) is -1.46. The van der Waals surface area contributed by atoms with E-state index in [1.54, 1.807) is 6.92 Å². The van der Waals surface area contributed by atoms with Crippen molar-refractivity contribution >= 4 is 28.8 Å². The lowest BCUT2D eigenvalue weighted by molar-refractivity contribution is -0.151. The van der Waals surface area contributed by atoms with Gasteiger partial charge in [0.2, 0.25) is 5.91 Å². The van der Waals surface area contributed by atoms with Gasteiger partial charge in [0.1, 0.15) is 6.17 Å². The van der Waals surface area contributed by atoms with Crippen LogP contribution in [-0.4, -0.2) is 51.5 Å². The Bertz CT molecular complexity index is 363. The van der Waals surface area contributed by atoms with Crippen LogP contribution in [-0.2, 0) is 14.4 Å². The fraction of sp³-hybridized carbons (Fsp3) is 0.727. The zero-order valence-electron chi connectivity index (χ0n) is 10.3. The molecule has 1 fully saturated rings. The summed E-state index contributed by atoms with van der Waals surface area (Å²) >= 11 is 1.01. The third kappa shape index (κ3) is 3.44. The van der Waals surface area contributed by atoms with Gasteiger partial charge in [0.25, 0.3) is 0 Å². The second-order valence-electron chi connectivity index (χ2n) is 4.32. The molecule has 0 aromatic rings. The molecule has 1 amide bonds. The first-order valence-corrected chi connectivity index (χ1v) is 6.64. The van der Waals surface area contributed by atoms with E-state index in [1.807, 2.05) is 0 Å². The van der Waals surface area contributed by atoms with Crippen molar-refractivity contribution in [1.29, 1.82) is 0 Å². The minimum Gasteiger partial charge on any atom is -0.480 e. The number of carbonyl (C=O) groups excluding carboxylic acids is 2. The normalized spacial score (nSPS) is 24.9. The van der Waals surface area contributed by atoms with E-state index in [0.717, 1.165) is 16.7 Å². The Balaban J connectivity index is 2.65. The van der Waals surface area contributed by atoms with Crippen molar-refractivity contribution in [3.05, 3.63) is 0 Å². The topological polar surface area (TPSA) is 74.7 Å². The summed E-state index contributed by atoms with van der Waals surface area (Å²) in [7, 11) is 0. The second kappa shape index (κ2) is 6.17. The van der Waals surface area contributed by atoms with Crippen LogP contribution < -0.4 is 0 Å². The van der Waals surface area contributed by atoms with Crippen LogP contribution in [0.5, 0.6) is 0 Å². The lowest BCUT2D eigenvalue weighted by atomic mass is 10.1. The zero-order chi connectivity index (χ0) is 13.9. The molecule has 0 aromatic heterocycles. The summed E-state index contributed by atoms with van der Waals surface area (Å²) in [4.78, 5) is 34.8. The van der Waals surface area contributed by atoms with Crippen LogP contribution >= 0.6 is 11.8 Å². The van der Waals surface area contributed by atoms with Crippen LogP contribution in [0.1, 0.15) is 20.3 Å². The first kappa shape index (κ1) is 14.9. The molecular weight excluding hydrogens is 261 g/mol. The highest BCUT2D eigenvalue weighted by molar-refractivity contribution is 8.13. The van der Waals surface area contributed by atoms with Gasteiger partial charge in [-0.15, -0.1) is 0 Å². The van der Waals surface area contributed by atoms with Crippen molar-refractivity contribution in [2.75, 3.05) is 12.3 Å². The van der Waals surface area contributed by atoms with Crippen molar-refractivity contribution < 1.29 is 23.9 Å². The number of carboxylic acids is 1. The number of halogens is 1. The molecule has 1 heterocycles. The molecule has 1 saturated heterocycles. The van der Waals surface area contributed by atoms with Gasteiger partial charge in [-0.05, 0) is 6.42 Å². The fourth-order valence-corrected chi connectivity index (χ4v) is 2.51. The van der Waals surface area contributed by atoms with Crippen LogP contribution in [0.15, 0.2) is 0 Å². The number of aliphatic carboxylic acids is 1. The maximum atomic E-state index is 13.4. The molecule has 7 heteroatoms. The lowest BCUT2D eigenvalue weighted by Crippen LogP contribution is -2.46. The Morgan fingerprint density at radius 3 is 2.61 bits per heavy atom. The second-order valence-corrected chi connectivity index (χ2v) is 5.52. The maximum absolute atomic E-state index is 13.4. The summed E-state index contributed by atoms with van der Waals surface area (Å²) in [5, 5.41) is 8.81. The van der Waals surface area contributed by atoms with Gasteiger partial charge < -0.3 is 10.0 Å². The predicted molar refractivity (Wildman–Crippen MR) is 65.0 cm³/mol. The smallest absolute Gasteiger partial charge is 0.329 e. The van der Waals surface area contributed by atoms with Gasteiger partial charge in [-0.3, -0.25) is 9.59 Å². The van der Waals surface area contributed by atoms with Crippen LogP contribution in [0.25, 0.3) is 0 Å². The van der Waals surface area contributed by atoms with E-state index in [2.05, 4.69) is 0 Å². The number of nitrogens with zero attached hydrogens (tertiary/aromatic N) is 1. The number of rotatable bonds is 4. The van der Waals surface area contributed by atoms with E-state index in [4.69, 9.17) is 5.11 Å². The Kier molecular flexibility index (Phi) is 5.13. The average Bonchev–Trinajstić information content (AvgIpc) is 2.66.